The first-order chi connectivity index (χ1) is 4.79. The molecule has 54 valence electrons. The number of rotatable bonds is 2. The molecule has 0 bridgehead atoms. The van der Waals surface area contributed by atoms with E-state index in [1.807, 2.05) is 16.9 Å². The summed E-state index contributed by atoms with van der Waals surface area (Å²) in [7, 11) is 0. The molecule has 1 aliphatic heterocycles. The second kappa shape index (κ2) is 3.26. The van der Waals surface area contributed by atoms with E-state index in [-0.39, 0.29) is 5.25 Å². The molecule has 0 aromatic rings. The van der Waals surface area contributed by atoms with Crippen molar-refractivity contribution < 1.29 is 9.90 Å². The number of carboxylic acid groups (broad SMARTS) is 1. The Labute approximate surface area is 62.0 Å². The predicted molar refractivity (Wildman–Crippen MR) is 40.2 cm³/mol. The minimum Gasteiger partial charge on any atom is -0.464 e. The second-order valence-corrected chi connectivity index (χ2v) is 2.71. The van der Waals surface area contributed by atoms with E-state index in [9.17, 15) is 4.79 Å². The lowest BCUT2D eigenvalue weighted by atomic mass is 10.4. The van der Waals surface area contributed by atoms with Crippen molar-refractivity contribution in [3.05, 3.63) is 11.5 Å². The summed E-state index contributed by atoms with van der Waals surface area (Å²) in [5.74, 6) is 0. The van der Waals surface area contributed by atoms with Gasteiger partial charge in [0.2, 0.25) is 0 Å². The summed E-state index contributed by atoms with van der Waals surface area (Å²) < 4.78 is 0. The van der Waals surface area contributed by atoms with Gasteiger partial charge in [0.15, 0.2) is 0 Å². The van der Waals surface area contributed by atoms with Crippen LogP contribution in [0.3, 0.4) is 0 Å². The molecule has 0 saturated heterocycles. The van der Waals surface area contributed by atoms with Crippen molar-refractivity contribution in [3.8, 4) is 0 Å². The predicted octanol–water partition coefficient (Wildman–Crippen LogP) is 0.869. The highest BCUT2D eigenvalue weighted by Crippen LogP contribution is 2.21. The first kappa shape index (κ1) is 7.14. The van der Waals surface area contributed by atoms with Crippen LogP contribution in [0.1, 0.15) is 0 Å². The molecule has 10 heavy (non-hydrogen) atoms. The Hall–Kier alpha value is -0.970. The topological polar surface area (TPSA) is 61.7 Å². The number of amides is 1. The van der Waals surface area contributed by atoms with Crippen LogP contribution in [0.4, 0.5) is 4.79 Å². The Balaban J connectivity index is 2.17. The van der Waals surface area contributed by atoms with Crippen molar-refractivity contribution in [3.63, 3.8) is 0 Å². The third-order valence-corrected chi connectivity index (χ3v) is 1.79. The maximum absolute atomic E-state index is 9.84. The molecule has 1 unspecified atom stereocenters. The van der Waals surface area contributed by atoms with Gasteiger partial charge in [-0.2, -0.15) is 5.10 Å². The van der Waals surface area contributed by atoms with Gasteiger partial charge in [0.1, 0.15) is 0 Å². The lowest BCUT2D eigenvalue weighted by Crippen LogP contribution is -2.16. The Kier molecular flexibility index (Phi) is 2.33. The molecule has 4 nitrogen and oxygen atoms in total. The van der Waals surface area contributed by atoms with Crippen molar-refractivity contribution in [2.45, 2.75) is 5.25 Å². The molecule has 1 aliphatic rings. The fourth-order valence-corrected chi connectivity index (χ4v) is 0.890. The van der Waals surface area contributed by atoms with Crippen LogP contribution in [0.5, 0.6) is 0 Å². The van der Waals surface area contributed by atoms with Gasteiger partial charge in [-0.05, 0) is 5.41 Å². The number of hydrogen-bond donors (Lipinski definition) is 2. The van der Waals surface area contributed by atoms with Crippen LogP contribution < -0.4 is 5.43 Å². The molecule has 0 fully saturated rings. The van der Waals surface area contributed by atoms with E-state index in [4.69, 9.17) is 5.11 Å². The first-order valence-corrected chi connectivity index (χ1v) is 3.57. The van der Waals surface area contributed by atoms with Crippen LogP contribution in [0.25, 0.3) is 0 Å². The highest BCUT2D eigenvalue weighted by molar-refractivity contribution is 8.04. The summed E-state index contributed by atoms with van der Waals surface area (Å²) >= 11 is 1.59. The zero-order chi connectivity index (χ0) is 7.40. The zero-order valence-electron chi connectivity index (χ0n) is 5.02. The molecule has 0 aromatic heterocycles. The monoisotopic (exact) mass is 158 g/mol. The third-order valence-electron chi connectivity index (χ3n) is 0.886. The van der Waals surface area contributed by atoms with Crippen LogP contribution in [0.15, 0.2) is 16.6 Å². The van der Waals surface area contributed by atoms with Gasteiger partial charge in [0.25, 0.3) is 0 Å². The molecule has 0 spiro atoms. The zero-order valence-corrected chi connectivity index (χ0v) is 5.84. The standard InChI is InChI=1S/C5H6N2O2S/c8-5(9)7-6-3-4-1-2-10-4/h1-4,7H,(H,8,9)/b6-3+. The minimum atomic E-state index is -1.13. The Bertz CT molecular complexity index is 190. The molecule has 2 N–H and O–H groups in total. The fourth-order valence-electron chi connectivity index (χ4n) is 0.420. The van der Waals surface area contributed by atoms with Crippen LogP contribution >= 0.6 is 11.8 Å². The summed E-state index contributed by atoms with van der Waals surface area (Å²) in [5, 5.41) is 13.7. The van der Waals surface area contributed by atoms with Gasteiger partial charge in [-0.3, -0.25) is 0 Å². The summed E-state index contributed by atoms with van der Waals surface area (Å²) in [6.07, 6.45) is 2.33. The van der Waals surface area contributed by atoms with E-state index >= 15 is 0 Å². The second-order valence-electron chi connectivity index (χ2n) is 1.62. The fraction of sp³-hybridized carbons (Fsp3) is 0.200. The normalized spacial score (nSPS) is 22.6. The van der Waals surface area contributed by atoms with E-state index < -0.39 is 6.09 Å². The molecule has 1 rings (SSSR count). The first-order valence-electron chi connectivity index (χ1n) is 2.63. The Morgan fingerprint density at radius 2 is 2.60 bits per heavy atom. The van der Waals surface area contributed by atoms with E-state index in [0.717, 1.165) is 0 Å². The lowest BCUT2D eigenvalue weighted by Gasteiger charge is -2.09. The van der Waals surface area contributed by atoms with E-state index in [1.54, 1.807) is 18.0 Å². The molecule has 5 heteroatoms. The molecule has 1 atom stereocenters. The highest BCUT2D eigenvalue weighted by atomic mass is 32.2. The number of nitrogens with one attached hydrogen (secondary N) is 1. The van der Waals surface area contributed by atoms with Gasteiger partial charge in [-0.1, -0.05) is 6.08 Å². The summed E-state index contributed by atoms with van der Waals surface area (Å²) in [5.41, 5.74) is 1.88. The quantitative estimate of drug-likeness (QED) is 0.463. The third kappa shape index (κ3) is 2.10. The van der Waals surface area contributed by atoms with Gasteiger partial charge in [0, 0.05) is 6.21 Å². The summed E-state index contributed by atoms with van der Waals surface area (Å²) in [4.78, 5) is 9.84. The molecule has 1 heterocycles. The molecule has 0 saturated carbocycles. The van der Waals surface area contributed by atoms with Crippen LogP contribution in [0.2, 0.25) is 0 Å². The number of carbonyl (C=O) groups is 1. The van der Waals surface area contributed by atoms with Crippen LogP contribution in [0, 0.1) is 0 Å². The Morgan fingerprint density at radius 3 is 3.00 bits per heavy atom. The van der Waals surface area contributed by atoms with Crippen molar-refractivity contribution in [1.82, 2.24) is 5.43 Å². The SMILES string of the molecule is O=C(O)N/N=C/C1C=CS1. The Morgan fingerprint density at radius 1 is 1.90 bits per heavy atom. The largest absolute Gasteiger partial charge is 0.464 e. The number of thioether (sulfide) groups is 1. The number of hydrogen-bond acceptors (Lipinski definition) is 3. The molecule has 0 aromatic carbocycles. The van der Waals surface area contributed by atoms with Gasteiger partial charge in [-0.25, -0.2) is 10.2 Å². The van der Waals surface area contributed by atoms with Gasteiger partial charge < -0.3 is 5.11 Å². The molecular weight excluding hydrogens is 152 g/mol. The van der Waals surface area contributed by atoms with E-state index in [1.165, 1.54) is 0 Å². The summed E-state index contributed by atoms with van der Waals surface area (Å²) in [6.45, 7) is 0. The van der Waals surface area contributed by atoms with Gasteiger partial charge in [0.05, 0.1) is 5.25 Å². The maximum Gasteiger partial charge on any atom is 0.425 e. The number of nitrogens with zero attached hydrogens (tertiary/aromatic N) is 1. The average molecular weight is 158 g/mol. The molecule has 0 radical (unpaired) electrons. The average Bonchev–Trinajstić information content (AvgIpc) is 1.75. The van der Waals surface area contributed by atoms with Crippen LogP contribution in [-0.2, 0) is 0 Å². The smallest absolute Gasteiger partial charge is 0.425 e. The van der Waals surface area contributed by atoms with Crippen molar-refractivity contribution >= 4 is 24.1 Å². The van der Waals surface area contributed by atoms with Crippen LogP contribution in [-0.4, -0.2) is 22.7 Å². The molecule has 1 amide bonds. The van der Waals surface area contributed by atoms with Gasteiger partial charge >= 0.3 is 6.09 Å². The highest BCUT2D eigenvalue weighted by Gasteiger charge is 2.06. The number of hydrazone groups is 1. The van der Waals surface area contributed by atoms with Crippen molar-refractivity contribution in [2.24, 2.45) is 5.10 Å². The van der Waals surface area contributed by atoms with Crippen molar-refractivity contribution in [1.29, 1.82) is 0 Å². The van der Waals surface area contributed by atoms with Crippen molar-refractivity contribution in [2.75, 3.05) is 0 Å². The lowest BCUT2D eigenvalue weighted by molar-refractivity contribution is 0.195. The van der Waals surface area contributed by atoms with E-state index in [0.29, 0.717) is 0 Å². The molecule has 0 aliphatic carbocycles. The van der Waals surface area contributed by atoms with Gasteiger partial charge in [-0.15, -0.1) is 11.8 Å². The molecular formula is C5H6N2O2S. The maximum atomic E-state index is 9.84. The van der Waals surface area contributed by atoms with E-state index in [2.05, 4.69) is 5.10 Å². The minimum absolute atomic E-state index is 0.242. The summed E-state index contributed by atoms with van der Waals surface area (Å²) in [6, 6.07) is 0.